The molecule has 0 radical (unpaired) electrons. The zero-order chi connectivity index (χ0) is 19.2. The minimum atomic E-state index is 0.0699. The van der Waals surface area contributed by atoms with Crippen molar-refractivity contribution >= 4 is 11.6 Å². The summed E-state index contributed by atoms with van der Waals surface area (Å²) < 4.78 is 5.63. The molecular formula is C24H31NO2. The first kappa shape index (κ1) is 19.5. The second-order valence-electron chi connectivity index (χ2n) is 7.87. The van der Waals surface area contributed by atoms with Crippen LogP contribution in [0.3, 0.4) is 0 Å². The Labute approximate surface area is 163 Å². The van der Waals surface area contributed by atoms with Crippen LogP contribution in [0.25, 0.3) is 0 Å². The summed E-state index contributed by atoms with van der Waals surface area (Å²) in [5, 5.41) is 0. The molecular weight excluding hydrogens is 334 g/mol. The van der Waals surface area contributed by atoms with Crippen molar-refractivity contribution in [2.45, 2.75) is 51.9 Å². The first-order valence-corrected chi connectivity index (χ1v) is 10.1. The van der Waals surface area contributed by atoms with E-state index in [1.807, 2.05) is 41.3 Å². The van der Waals surface area contributed by atoms with Gasteiger partial charge in [0.2, 0.25) is 0 Å². The SMILES string of the molecule is COc1cc(N(CC2CCCCC2)C(=O)c2ccccc2)ccc1C(C)C. The van der Waals surface area contributed by atoms with E-state index in [1.165, 1.54) is 37.7 Å². The summed E-state index contributed by atoms with van der Waals surface area (Å²) in [5.41, 5.74) is 2.84. The highest BCUT2D eigenvalue weighted by molar-refractivity contribution is 6.06. The normalized spacial score (nSPS) is 15.0. The molecule has 2 aromatic carbocycles. The monoisotopic (exact) mass is 365 g/mol. The van der Waals surface area contributed by atoms with Crippen molar-refractivity contribution in [1.82, 2.24) is 0 Å². The maximum absolute atomic E-state index is 13.3. The van der Waals surface area contributed by atoms with Crippen LogP contribution < -0.4 is 9.64 Å². The third-order valence-corrected chi connectivity index (χ3v) is 5.58. The lowest BCUT2D eigenvalue weighted by Gasteiger charge is -2.30. The van der Waals surface area contributed by atoms with Gasteiger partial charge in [0.25, 0.3) is 5.91 Å². The predicted molar refractivity (Wildman–Crippen MR) is 112 cm³/mol. The van der Waals surface area contributed by atoms with Crippen molar-refractivity contribution in [2.24, 2.45) is 5.92 Å². The number of amides is 1. The number of hydrogen-bond donors (Lipinski definition) is 0. The molecule has 0 saturated heterocycles. The maximum Gasteiger partial charge on any atom is 0.258 e. The van der Waals surface area contributed by atoms with Gasteiger partial charge >= 0.3 is 0 Å². The molecule has 0 spiro atoms. The van der Waals surface area contributed by atoms with E-state index in [4.69, 9.17) is 4.74 Å². The number of methoxy groups -OCH3 is 1. The molecule has 2 aromatic rings. The largest absolute Gasteiger partial charge is 0.496 e. The van der Waals surface area contributed by atoms with Crippen LogP contribution >= 0.6 is 0 Å². The van der Waals surface area contributed by atoms with Gasteiger partial charge in [0.1, 0.15) is 5.75 Å². The van der Waals surface area contributed by atoms with Crippen LogP contribution in [0.15, 0.2) is 48.5 Å². The summed E-state index contributed by atoms with van der Waals surface area (Å²) in [7, 11) is 1.70. The van der Waals surface area contributed by atoms with Crippen LogP contribution in [-0.4, -0.2) is 19.6 Å². The molecule has 1 fully saturated rings. The topological polar surface area (TPSA) is 29.5 Å². The van der Waals surface area contributed by atoms with E-state index in [9.17, 15) is 4.79 Å². The van der Waals surface area contributed by atoms with Crippen LogP contribution in [0.1, 0.15) is 67.8 Å². The molecule has 0 aliphatic heterocycles. The summed E-state index contributed by atoms with van der Waals surface area (Å²) in [6.07, 6.45) is 6.28. The molecule has 3 rings (SSSR count). The fourth-order valence-electron chi connectivity index (χ4n) is 4.01. The predicted octanol–water partition coefficient (Wildman–Crippen LogP) is 6.05. The molecule has 1 aliphatic carbocycles. The summed E-state index contributed by atoms with van der Waals surface area (Å²) in [6, 6.07) is 15.8. The van der Waals surface area contributed by atoms with Gasteiger partial charge in [-0.05, 0) is 48.4 Å². The Hall–Kier alpha value is -2.29. The van der Waals surface area contributed by atoms with Crippen LogP contribution in [0, 0.1) is 5.92 Å². The second kappa shape index (κ2) is 9.07. The Morgan fingerprint density at radius 3 is 2.41 bits per heavy atom. The molecule has 3 heteroatoms. The minimum Gasteiger partial charge on any atom is -0.496 e. The number of nitrogens with zero attached hydrogens (tertiary/aromatic N) is 1. The summed E-state index contributed by atoms with van der Waals surface area (Å²) >= 11 is 0. The molecule has 1 amide bonds. The number of carbonyl (C=O) groups is 1. The van der Waals surface area contributed by atoms with Gasteiger partial charge in [-0.2, -0.15) is 0 Å². The van der Waals surface area contributed by atoms with Crippen molar-refractivity contribution in [3.05, 3.63) is 59.7 Å². The average molecular weight is 366 g/mol. The molecule has 0 unspecified atom stereocenters. The molecule has 0 aromatic heterocycles. The molecule has 0 atom stereocenters. The van der Waals surface area contributed by atoms with Gasteiger partial charge in [-0.25, -0.2) is 0 Å². The molecule has 1 saturated carbocycles. The quantitative estimate of drug-likeness (QED) is 0.624. The first-order valence-electron chi connectivity index (χ1n) is 10.1. The Kier molecular flexibility index (Phi) is 6.54. The molecule has 27 heavy (non-hydrogen) atoms. The van der Waals surface area contributed by atoms with Crippen molar-refractivity contribution < 1.29 is 9.53 Å². The summed E-state index contributed by atoms with van der Waals surface area (Å²) in [5.74, 6) is 1.88. The molecule has 144 valence electrons. The average Bonchev–Trinajstić information content (AvgIpc) is 2.72. The van der Waals surface area contributed by atoms with Crippen molar-refractivity contribution in [2.75, 3.05) is 18.6 Å². The zero-order valence-corrected chi connectivity index (χ0v) is 16.8. The van der Waals surface area contributed by atoms with Crippen LogP contribution in [0.2, 0.25) is 0 Å². The van der Waals surface area contributed by atoms with Crippen LogP contribution in [0.5, 0.6) is 5.75 Å². The highest BCUT2D eigenvalue weighted by Gasteiger charge is 2.24. The van der Waals surface area contributed by atoms with E-state index < -0.39 is 0 Å². The molecule has 0 bridgehead atoms. The summed E-state index contributed by atoms with van der Waals surface area (Å²) in [4.78, 5) is 15.3. The van der Waals surface area contributed by atoms with Gasteiger partial charge in [-0.3, -0.25) is 4.79 Å². The Bertz CT molecular complexity index is 748. The number of rotatable bonds is 6. The van der Waals surface area contributed by atoms with Gasteiger partial charge < -0.3 is 9.64 Å². The van der Waals surface area contributed by atoms with Crippen molar-refractivity contribution in [1.29, 1.82) is 0 Å². The first-order chi connectivity index (χ1) is 13.1. The van der Waals surface area contributed by atoms with E-state index in [0.717, 1.165) is 23.5 Å². The zero-order valence-electron chi connectivity index (χ0n) is 16.8. The Morgan fingerprint density at radius 2 is 1.78 bits per heavy atom. The van der Waals surface area contributed by atoms with Crippen LogP contribution in [0.4, 0.5) is 5.69 Å². The highest BCUT2D eigenvalue weighted by Crippen LogP contribution is 2.33. The lowest BCUT2D eigenvalue weighted by molar-refractivity contribution is 0.0980. The third-order valence-electron chi connectivity index (χ3n) is 5.58. The fraction of sp³-hybridized carbons (Fsp3) is 0.458. The highest BCUT2D eigenvalue weighted by atomic mass is 16.5. The fourth-order valence-corrected chi connectivity index (χ4v) is 4.01. The number of hydrogen-bond acceptors (Lipinski definition) is 2. The number of benzene rings is 2. The third kappa shape index (κ3) is 4.71. The van der Waals surface area contributed by atoms with Gasteiger partial charge in [0.15, 0.2) is 0 Å². The van der Waals surface area contributed by atoms with E-state index in [-0.39, 0.29) is 5.91 Å². The smallest absolute Gasteiger partial charge is 0.258 e. The van der Waals surface area contributed by atoms with Gasteiger partial charge in [-0.1, -0.05) is 57.4 Å². The van der Waals surface area contributed by atoms with Gasteiger partial charge in [0, 0.05) is 23.9 Å². The van der Waals surface area contributed by atoms with Crippen molar-refractivity contribution in [3.63, 3.8) is 0 Å². The number of ether oxygens (including phenoxy) is 1. The maximum atomic E-state index is 13.3. The minimum absolute atomic E-state index is 0.0699. The van der Waals surface area contributed by atoms with E-state index in [0.29, 0.717) is 11.8 Å². The molecule has 3 nitrogen and oxygen atoms in total. The van der Waals surface area contributed by atoms with Gasteiger partial charge in [-0.15, -0.1) is 0 Å². The molecule has 0 heterocycles. The van der Waals surface area contributed by atoms with E-state index in [2.05, 4.69) is 26.0 Å². The van der Waals surface area contributed by atoms with Crippen molar-refractivity contribution in [3.8, 4) is 5.75 Å². The number of anilines is 1. The molecule has 0 N–H and O–H groups in total. The van der Waals surface area contributed by atoms with Crippen LogP contribution in [-0.2, 0) is 0 Å². The van der Waals surface area contributed by atoms with E-state index >= 15 is 0 Å². The summed E-state index contributed by atoms with van der Waals surface area (Å²) in [6.45, 7) is 5.09. The standard InChI is InChI=1S/C24H31NO2/c1-18(2)22-15-14-21(16-23(22)27-3)25(17-19-10-6-4-7-11-19)24(26)20-12-8-5-9-13-20/h5,8-9,12-16,18-19H,4,6-7,10-11,17H2,1-3H3. The number of carbonyl (C=O) groups excluding carboxylic acids is 1. The lowest BCUT2D eigenvalue weighted by atomic mass is 9.88. The van der Waals surface area contributed by atoms with Gasteiger partial charge in [0.05, 0.1) is 7.11 Å². The Balaban J connectivity index is 1.94. The second-order valence-corrected chi connectivity index (χ2v) is 7.87. The van der Waals surface area contributed by atoms with E-state index in [1.54, 1.807) is 7.11 Å². The lowest BCUT2D eigenvalue weighted by Crippen LogP contribution is -2.36. The Morgan fingerprint density at radius 1 is 1.07 bits per heavy atom. The molecule has 1 aliphatic rings.